The summed E-state index contributed by atoms with van der Waals surface area (Å²) in [5, 5.41) is 25.6. The van der Waals surface area contributed by atoms with Crippen molar-refractivity contribution in [1.82, 2.24) is 0 Å². The monoisotopic (exact) mass is 380 g/mol. The molecule has 0 amide bonds. The van der Waals surface area contributed by atoms with E-state index in [1.165, 1.54) is 24.3 Å². The minimum Gasteiger partial charge on any atom is -0.867 e. The number of nitrogens with one attached hydrogen (secondary N) is 1. The van der Waals surface area contributed by atoms with Gasteiger partial charge in [0.25, 0.3) is 0 Å². The Kier molecular flexibility index (Phi) is 5.90. The van der Waals surface area contributed by atoms with Crippen LogP contribution in [-0.2, 0) is 6.61 Å². The molecule has 136 valence electrons. The fourth-order valence-electron chi connectivity index (χ4n) is 2.54. The van der Waals surface area contributed by atoms with E-state index < -0.39 is 5.82 Å². The molecule has 1 heterocycles. The first kappa shape index (κ1) is 18.7. The standard InChI is InChI=1S/C21H17FN2O2S/c22-17-10-8-16(9-11-17)20(26)19(24-12-4-5-15(13-24)14-25)21(27)23-18-6-2-1-3-7-18/h1-13,25H,14H2,(H-,23,26,27). The minimum atomic E-state index is -0.423. The second-order valence-electron chi connectivity index (χ2n) is 5.78. The van der Waals surface area contributed by atoms with E-state index in [4.69, 9.17) is 12.2 Å². The van der Waals surface area contributed by atoms with E-state index in [1.54, 1.807) is 29.1 Å². The molecule has 0 unspecified atom stereocenters. The van der Waals surface area contributed by atoms with E-state index in [2.05, 4.69) is 5.32 Å². The predicted octanol–water partition coefficient (Wildman–Crippen LogP) is 2.73. The molecule has 27 heavy (non-hydrogen) atoms. The highest BCUT2D eigenvalue weighted by atomic mass is 32.1. The van der Waals surface area contributed by atoms with Crippen molar-refractivity contribution in [3.63, 3.8) is 0 Å². The third-order valence-electron chi connectivity index (χ3n) is 3.87. The van der Waals surface area contributed by atoms with Gasteiger partial charge in [0.2, 0.25) is 5.70 Å². The first-order chi connectivity index (χ1) is 13.1. The lowest BCUT2D eigenvalue weighted by Gasteiger charge is -2.17. The number of anilines is 1. The molecule has 0 spiro atoms. The van der Waals surface area contributed by atoms with Crippen molar-refractivity contribution < 1.29 is 19.2 Å². The molecule has 3 rings (SSSR count). The fourth-order valence-corrected chi connectivity index (χ4v) is 2.86. The van der Waals surface area contributed by atoms with Gasteiger partial charge in [-0.2, -0.15) is 4.57 Å². The topological polar surface area (TPSA) is 59.2 Å². The molecule has 0 aliphatic heterocycles. The molecule has 2 aromatic carbocycles. The average Bonchev–Trinajstić information content (AvgIpc) is 2.69. The zero-order valence-electron chi connectivity index (χ0n) is 14.3. The van der Waals surface area contributed by atoms with Gasteiger partial charge in [-0.05, 0) is 41.7 Å². The summed E-state index contributed by atoms with van der Waals surface area (Å²) in [4.78, 5) is 0.218. The minimum absolute atomic E-state index is 0.169. The Labute approximate surface area is 161 Å². The number of aliphatic hydroxyl groups excluding tert-OH is 1. The van der Waals surface area contributed by atoms with E-state index in [9.17, 15) is 14.6 Å². The van der Waals surface area contributed by atoms with Gasteiger partial charge in [0.05, 0.1) is 6.61 Å². The Morgan fingerprint density at radius 3 is 2.41 bits per heavy atom. The molecule has 0 aliphatic carbocycles. The van der Waals surface area contributed by atoms with Gasteiger partial charge in [0.15, 0.2) is 17.4 Å². The van der Waals surface area contributed by atoms with E-state index in [1.807, 2.05) is 30.3 Å². The third-order valence-corrected chi connectivity index (χ3v) is 4.17. The van der Waals surface area contributed by atoms with Crippen molar-refractivity contribution in [2.45, 2.75) is 6.61 Å². The molecule has 0 fully saturated rings. The Morgan fingerprint density at radius 1 is 1.04 bits per heavy atom. The number of hydrogen-bond donors (Lipinski definition) is 2. The maximum atomic E-state index is 13.2. The summed E-state index contributed by atoms with van der Waals surface area (Å²) in [6.45, 7) is -0.169. The van der Waals surface area contributed by atoms with Gasteiger partial charge < -0.3 is 15.5 Å². The van der Waals surface area contributed by atoms with Crippen molar-refractivity contribution in [2.24, 2.45) is 0 Å². The first-order valence-electron chi connectivity index (χ1n) is 8.23. The number of aromatic nitrogens is 1. The Balaban J connectivity index is 2.09. The Bertz CT molecular complexity index is 973. The molecule has 0 saturated heterocycles. The van der Waals surface area contributed by atoms with E-state index in [0.29, 0.717) is 11.1 Å². The number of para-hydroxylation sites is 1. The maximum absolute atomic E-state index is 13.2. The van der Waals surface area contributed by atoms with Crippen molar-refractivity contribution in [2.75, 3.05) is 5.32 Å². The third kappa shape index (κ3) is 4.55. The Morgan fingerprint density at radius 2 is 1.74 bits per heavy atom. The molecule has 1 aromatic heterocycles. The second-order valence-corrected chi connectivity index (χ2v) is 6.19. The van der Waals surface area contributed by atoms with Gasteiger partial charge in [0.1, 0.15) is 5.82 Å². The second kappa shape index (κ2) is 8.53. The average molecular weight is 380 g/mol. The van der Waals surface area contributed by atoms with Gasteiger partial charge >= 0.3 is 0 Å². The highest BCUT2D eigenvalue weighted by Gasteiger charge is 2.19. The molecular weight excluding hydrogens is 363 g/mol. The molecular formula is C21H17FN2O2S. The van der Waals surface area contributed by atoms with Crippen LogP contribution in [0.5, 0.6) is 0 Å². The summed E-state index contributed by atoms with van der Waals surface area (Å²) in [7, 11) is 0. The van der Waals surface area contributed by atoms with Gasteiger partial charge in [-0.3, -0.25) is 0 Å². The lowest BCUT2D eigenvalue weighted by atomic mass is 10.1. The predicted molar refractivity (Wildman–Crippen MR) is 105 cm³/mol. The van der Waals surface area contributed by atoms with Crippen LogP contribution in [-0.4, -0.2) is 10.1 Å². The number of halogens is 1. The molecule has 0 atom stereocenters. The number of aliphatic hydroxyl groups is 1. The van der Waals surface area contributed by atoms with Gasteiger partial charge in [-0.15, -0.1) is 0 Å². The summed E-state index contributed by atoms with van der Waals surface area (Å²) in [5.74, 6) is -0.781. The molecule has 6 heteroatoms. The van der Waals surface area contributed by atoms with E-state index >= 15 is 0 Å². The van der Waals surface area contributed by atoms with Crippen molar-refractivity contribution in [1.29, 1.82) is 0 Å². The number of benzene rings is 2. The SMILES string of the molecule is [O-]C(=C(C(=S)Nc1ccccc1)[n+]1cccc(CO)c1)c1ccc(F)cc1. The molecule has 0 radical (unpaired) electrons. The fraction of sp³-hybridized carbons (Fsp3) is 0.0476. The van der Waals surface area contributed by atoms with Gasteiger partial charge in [0, 0.05) is 17.3 Å². The summed E-state index contributed by atoms with van der Waals surface area (Å²) < 4.78 is 14.8. The van der Waals surface area contributed by atoms with Crippen LogP contribution in [0.1, 0.15) is 11.1 Å². The zero-order chi connectivity index (χ0) is 19.2. The largest absolute Gasteiger partial charge is 0.867 e. The van der Waals surface area contributed by atoms with Crippen LogP contribution in [0, 0.1) is 5.82 Å². The highest BCUT2D eigenvalue weighted by Crippen LogP contribution is 2.17. The number of hydrogen-bond acceptors (Lipinski definition) is 3. The van der Waals surface area contributed by atoms with Crippen molar-refractivity contribution in [3.8, 4) is 0 Å². The lowest BCUT2D eigenvalue weighted by Crippen LogP contribution is -2.40. The molecule has 0 aliphatic rings. The summed E-state index contributed by atoms with van der Waals surface area (Å²) in [6, 6.07) is 18.0. The van der Waals surface area contributed by atoms with Gasteiger partial charge in [-0.25, -0.2) is 4.39 Å². The van der Waals surface area contributed by atoms with Crippen molar-refractivity contribution >= 4 is 34.3 Å². The maximum Gasteiger partial charge on any atom is 0.238 e. The molecule has 0 saturated carbocycles. The molecule has 4 nitrogen and oxygen atoms in total. The smallest absolute Gasteiger partial charge is 0.238 e. The van der Waals surface area contributed by atoms with Crippen LogP contribution in [0.3, 0.4) is 0 Å². The van der Waals surface area contributed by atoms with E-state index in [0.717, 1.165) is 5.69 Å². The van der Waals surface area contributed by atoms with Crippen LogP contribution in [0.2, 0.25) is 0 Å². The molecule has 0 bridgehead atoms. The first-order valence-corrected chi connectivity index (χ1v) is 8.64. The number of nitrogens with zero attached hydrogens (tertiary/aromatic N) is 1. The van der Waals surface area contributed by atoms with Gasteiger partial charge in [-0.1, -0.05) is 42.5 Å². The normalized spacial score (nSPS) is 11.6. The summed E-state index contributed by atoms with van der Waals surface area (Å²) in [5.41, 5.74) is 1.89. The highest BCUT2D eigenvalue weighted by molar-refractivity contribution is 7.81. The zero-order valence-corrected chi connectivity index (χ0v) is 15.1. The van der Waals surface area contributed by atoms with Crippen LogP contribution < -0.4 is 15.0 Å². The summed E-state index contributed by atoms with van der Waals surface area (Å²) >= 11 is 5.49. The number of pyridine rings is 1. The Hall–Kier alpha value is -3.09. The quantitative estimate of drug-likeness (QED) is 0.309. The van der Waals surface area contributed by atoms with Crippen LogP contribution >= 0.6 is 12.2 Å². The van der Waals surface area contributed by atoms with Crippen LogP contribution in [0.4, 0.5) is 10.1 Å². The number of rotatable bonds is 5. The van der Waals surface area contributed by atoms with Crippen LogP contribution in [0.25, 0.3) is 11.5 Å². The molecule has 2 N–H and O–H groups in total. The summed E-state index contributed by atoms with van der Waals surface area (Å²) in [6.07, 6.45) is 3.31. The number of thiocarbonyl (C=S) groups is 1. The van der Waals surface area contributed by atoms with Crippen molar-refractivity contribution in [3.05, 3.63) is 96.1 Å². The lowest BCUT2D eigenvalue weighted by molar-refractivity contribution is -0.578. The van der Waals surface area contributed by atoms with Crippen LogP contribution in [0.15, 0.2) is 79.1 Å². The van der Waals surface area contributed by atoms with E-state index in [-0.39, 0.29) is 23.1 Å². The molecule has 3 aromatic rings.